The summed E-state index contributed by atoms with van der Waals surface area (Å²) in [6.45, 7) is 10.2. The Morgan fingerprint density at radius 3 is 2.50 bits per heavy atom. The van der Waals surface area contributed by atoms with E-state index >= 15 is 0 Å². The van der Waals surface area contributed by atoms with E-state index in [9.17, 15) is 4.79 Å². The van der Waals surface area contributed by atoms with Crippen molar-refractivity contribution in [3.63, 3.8) is 0 Å². The molecule has 1 saturated heterocycles. The first-order valence-electron chi connectivity index (χ1n) is 6.56. The van der Waals surface area contributed by atoms with Crippen molar-refractivity contribution in [3.05, 3.63) is 0 Å². The Labute approximate surface area is 99.1 Å². The van der Waals surface area contributed by atoms with E-state index in [1.165, 1.54) is 13.0 Å². The molecule has 0 aromatic carbocycles. The van der Waals surface area contributed by atoms with Crippen LogP contribution in [0.15, 0.2) is 0 Å². The molecule has 1 aliphatic rings. The minimum Gasteiger partial charge on any atom is -0.466 e. The van der Waals surface area contributed by atoms with Crippen LogP contribution in [0.1, 0.15) is 40.0 Å². The highest BCUT2D eigenvalue weighted by molar-refractivity contribution is 5.72. The van der Waals surface area contributed by atoms with Gasteiger partial charge in [0, 0.05) is 6.54 Å². The third-order valence-electron chi connectivity index (χ3n) is 3.47. The highest BCUT2D eigenvalue weighted by atomic mass is 16.5. The average molecular weight is 227 g/mol. The van der Waals surface area contributed by atoms with E-state index in [1.54, 1.807) is 0 Å². The molecular weight excluding hydrogens is 202 g/mol. The summed E-state index contributed by atoms with van der Waals surface area (Å²) in [6.07, 6.45) is 3.17. The van der Waals surface area contributed by atoms with E-state index in [1.807, 2.05) is 6.92 Å². The summed E-state index contributed by atoms with van der Waals surface area (Å²) < 4.78 is 5.06. The molecule has 0 aromatic heterocycles. The molecule has 1 unspecified atom stereocenters. The zero-order valence-electron chi connectivity index (χ0n) is 10.9. The fourth-order valence-corrected chi connectivity index (χ4v) is 2.18. The summed E-state index contributed by atoms with van der Waals surface area (Å²) in [4.78, 5) is 14.0. The van der Waals surface area contributed by atoms with Crippen molar-refractivity contribution in [1.82, 2.24) is 4.90 Å². The van der Waals surface area contributed by atoms with Crippen molar-refractivity contribution in [3.8, 4) is 0 Å². The van der Waals surface area contributed by atoms with Crippen LogP contribution in [-0.2, 0) is 9.53 Å². The Bertz CT molecular complexity index is 210. The van der Waals surface area contributed by atoms with Crippen molar-refractivity contribution < 1.29 is 9.53 Å². The molecule has 0 bridgehead atoms. The molecule has 0 amide bonds. The van der Waals surface area contributed by atoms with Gasteiger partial charge < -0.3 is 9.64 Å². The standard InChI is InChI=1S/C13H25NO2/c1-4-11(3)10-14-8-6-12(7-9-14)13(15)16-5-2/h11-12H,4-10H2,1-3H3. The molecule has 0 spiro atoms. The number of esters is 1. The van der Waals surface area contributed by atoms with Gasteiger partial charge in [-0.05, 0) is 38.8 Å². The third kappa shape index (κ3) is 4.12. The second-order valence-corrected chi connectivity index (χ2v) is 4.84. The lowest BCUT2D eigenvalue weighted by Gasteiger charge is -2.32. The van der Waals surface area contributed by atoms with Gasteiger partial charge in [-0.1, -0.05) is 20.3 Å². The monoisotopic (exact) mass is 227 g/mol. The lowest BCUT2D eigenvalue weighted by Crippen LogP contribution is -2.39. The second kappa shape index (κ2) is 6.89. The molecule has 0 N–H and O–H groups in total. The van der Waals surface area contributed by atoms with Crippen molar-refractivity contribution in [1.29, 1.82) is 0 Å². The molecule has 1 rings (SSSR count). The van der Waals surface area contributed by atoms with E-state index < -0.39 is 0 Å². The number of hydrogen-bond donors (Lipinski definition) is 0. The van der Waals surface area contributed by atoms with Crippen molar-refractivity contribution in [2.24, 2.45) is 11.8 Å². The number of rotatable bonds is 5. The van der Waals surface area contributed by atoms with Crippen LogP contribution in [-0.4, -0.2) is 37.1 Å². The lowest BCUT2D eigenvalue weighted by molar-refractivity contribution is -0.149. The molecule has 3 heteroatoms. The minimum absolute atomic E-state index is 0.00527. The maximum absolute atomic E-state index is 11.5. The summed E-state index contributed by atoms with van der Waals surface area (Å²) in [6, 6.07) is 0. The van der Waals surface area contributed by atoms with Gasteiger partial charge in [0.2, 0.25) is 0 Å². The van der Waals surface area contributed by atoms with Gasteiger partial charge in [-0.2, -0.15) is 0 Å². The smallest absolute Gasteiger partial charge is 0.309 e. The number of carbonyl (C=O) groups is 1. The van der Waals surface area contributed by atoms with Gasteiger partial charge in [0.25, 0.3) is 0 Å². The zero-order chi connectivity index (χ0) is 12.0. The van der Waals surface area contributed by atoms with Gasteiger partial charge in [0.05, 0.1) is 12.5 Å². The number of ether oxygens (including phenoxy) is 1. The third-order valence-corrected chi connectivity index (χ3v) is 3.47. The molecule has 0 aliphatic carbocycles. The Morgan fingerprint density at radius 1 is 1.38 bits per heavy atom. The highest BCUT2D eigenvalue weighted by Crippen LogP contribution is 2.19. The Balaban J connectivity index is 2.25. The predicted molar refractivity (Wildman–Crippen MR) is 65.3 cm³/mol. The molecule has 1 heterocycles. The number of carbonyl (C=O) groups excluding carboxylic acids is 1. The molecule has 1 atom stereocenters. The fraction of sp³-hybridized carbons (Fsp3) is 0.923. The fourth-order valence-electron chi connectivity index (χ4n) is 2.18. The maximum Gasteiger partial charge on any atom is 0.309 e. The molecule has 16 heavy (non-hydrogen) atoms. The molecular formula is C13H25NO2. The van der Waals surface area contributed by atoms with Gasteiger partial charge in [0.15, 0.2) is 0 Å². The van der Waals surface area contributed by atoms with Crippen molar-refractivity contribution >= 4 is 5.97 Å². The van der Waals surface area contributed by atoms with Crippen LogP contribution in [0.2, 0.25) is 0 Å². The van der Waals surface area contributed by atoms with E-state index in [2.05, 4.69) is 18.7 Å². The lowest BCUT2D eigenvalue weighted by atomic mass is 9.96. The summed E-state index contributed by atoms with van der Waals surface area (Å²) >= 11 is 0. The van der Waals surface area contributed by atoms with Crippen LogP contribution in [0.3, 0.4) is 0 Å². The van der Waals surface area contributed by atoms with E-state index in [-0.39, 0.29) is 11.9 Å². The molecule has 1 fully saturated rings. The van der Waals surface area contributed by atoms with Crippen molar-refractivity contribution in [2.45, 2.75) is 40.0 Å². The first kappa shape index (κ1) is 13.5. The first-order valence-corrected chi connectivity index (χ1v) is 6.56. The predicted octanol–water partition coefficient (Wildman–Crippen LogP) is 2.31. The molecule has 3 nitrogen and oxygen atoms in total. The largest absolute Gasteiger partial charge is 0.466 e. The summed E-state index contributed by atoms with van der Waals surface area (Å²) in [5.74, 6) is 0.915. The van der Waals surface area contributed by atoms with Gasteiger partial charge >= 0.3 is 5.97 Å². The van der Waals surface area contributed by atoms with E-state index in [0.717, 1.165) is 31.8 Å². The van der Waals surface area contributed by atoms with Gasteiger partial charge in [-0.25, -0.2) is 0 Å². The van der Waals surface area contributed by atoms with Gasteiger partial charge in [-0.15, -0.1) is 0 Å². The second-order valence-electron chi connectivity index (χ2n) is 4.84. The molecule has 0 aromatic rings. The Hall–Kier alpha value is -0.570. The molecule has 94 valence electrons. The van der Waals surface area contributed by atoms with E-state index in [0.29, 0.717) is 6.61 Å². The Morgan fingerprint density at radius 2 is 2.00 bits per heavy atom. The summed E-state index contributed by atoms with van der Waals surface area (Å²) in [5.41, 5.74) is 0. The summed E-state index contributed by atoms with van der Waals surface area (Å²) in [5, 5.41) is 0. The molecule has 0 saturated carbocycles. The average Bonchev–Trinajstić information content (AvgIpc) is 2.30. The van der Waals surface area contributed by atoms with Gasteiger partial charge in [0.1, 0.15) is 0 Å². The van der Waals surface area contributed by atoms with Crippen LogP contribution in [0.4, 0.5) is 0 Å². The summed E-state index contributed by atoms with van der Waals surface area (Å²) in [7, 11) is 0. The zero-order valence-corrected chi connectivity index (χ0v) is 10.9. The SMILES string of the molecule is CCOC(=O)C1CCN(CC(C)CC)CC1. The van der Waals surface area contributed by atoms with Crippen LogP contribution in [0.5, 0.6) is 0 Å². The first-order chi connectivity index (χ1) is 7.67. The molecule has 1 aliphatic heterocycles. The number of likely N-dealkylation sites (tertiary alicyclic amines) is 1. The van der Waals surface area contributed by atoms with Crippen LogP contribution in [0.25, 0.3) is 0 Å². The normalized spacial score (nSPS) is 20.7. The van der Waals surface area contributed by atoms with Gasteiger partial charge in [-0.3, -0.25) is 4.79 Å². The maximum atomic E-state index is 11.5. The minimum atomic E-state index is 0.00527. The molecule has 0 radical (unpaired) electrons. The van der Waals surface area contributed by atoms with Crippen LogP contribution in [0, 0.1) is 11.8 Å². The van der Waals surface area contributed by atoms with Crippen molar-refractivity contribution in [2.75, 3.05) is 26.2 Å². The van der Waals surface area contributed by atoms with Crippen LogP contribution >= 0.6 is 0 Å². The number of nitrogens with zero attached hydrogens (tertiary/aromatic N) is 1. The number of hydrogen-bond acceptors (Lipinski definition) is 3. The Kier molecular flexibility index (Phi) is 5.81. The highest BCUT2D eigenvalue weighted by Gasteiger charge is 2.26. The van der Waals surface area contributed by atoms with E-state index in [4.69, 9.17) is 4.74 Å². The quantitative estimate of drug-likeness (QED) is 0.675. The topological polar surface area (TPSA) is 29.5 Å². The van der Waals surface area contributed by atoms with Crippen LogP contribution < -0.4 is 0 Å². The number of piperidine rings is 1.